The van der Waals surface area contributed by atoms with E-state index in [9.17, 15) is 5.11 Å². The Labute approximate surface area is 289 Å². The van der Waals surface area contributed by atoms with Gasteiger partial charge in [0, 0.05) is 28.8 Å². The Morgan fingerprint density at radius 1 is 0.820 bits per heavy atom. The van der Waals surface area contributed by atoms with Crippen LogP contribution in [0.1, 0.15) is 30.7 Å². The minimum absolute atomic E-state index is 0.0434. The lowest BCUT2D eigenvalue weighted by Crippen LogP contribution is -2.44. The third-order valence-corrected chi connectivity index (χ3v) is 9.05. The molecular formula is C35H40N4O11. The monoisotopic (exact) mass is 692 g/mol. The third-order valence-electron chi connectivity index (χ3n) is 9.05. The van der Waals surface area contributed by atoms with Crippen LogP contribution in [0.3, 0.4) is 0 Å². The molecule has 0 bridgehead atoms. The molecule has 15 nitrogen and oxygen atoms in total. The van der Waals surface area contributed by atoms with Crippen LogP contribution >= 0.6 is 0 Å². The molecule has 4 aromatic rings. The second kappa shape index (κ2) is 13.7. The highest BCUT2D eigenvalue weighted by atomic mass is 16.7. The number of ether oxygens (including phenoxy) is 9. The lowest BCUT2D eigenvalue weighted by molar-refractivity contribution is 0.0625. The van der Waals surface area contributed by atoms with Crippen LogP contribution in [0.5, 0.6) is 51.7 Å². The SMILES string of the molecule is COc1cc(OC)c(-n2cc(CO/N=C3\c4cc(OC)c(OC)c(OC)c4-c4c(cc5c(c4OC)OCO5)C[C@H](C)[C@@]3(C)O)nn2)cc1OC. The minimum Gasteiger partial charge on any atom is -0.494 e. The summed E-state index contributed by atoms with van der Waals surface area (Å²) in [5, 5.41) is 25.4. The Morgan fingerprint density at radius 3 is 2.16 bits per heavy atom. The van der Waals surface area contributed by atoms with Gasteiger partial charge in [-0.1, -0.05) is 17.3 Å². The van der Waals surface area contributed by atoms with Gasteiger partial charge in [-0.05, 0) is 37.0 Å². The van der Waals surface area contributed by atoms with E-state index in [1.165, 1.54) is 26.0 Å². The van der Waals surface area contributed by atoms with Crippen molar-refractivity contribution in [2.45, 2.75) is 32.5 Å². The summed E-state index contributed by atoms with van der Waals surface area (Å²) in [6.07, 6.45) is 2.09. The van der Waals surface area contributed by atoms with Crippen LogP contribution in [0.4, 0.5) is 0 Å². The molecule has 266 valence electrons. The topological polar surface area (TPSA) is 156 Å². The molecule has 6 rings (SSSR count). The van der Waals surface area contributed by atoms with E-state index in [4.69, 9.17) is 47.5 Å². The number of aliphatic hydroxyl groups is 1. The molecule has 0 fully saturated rings. The molecule has 1 aliphatic carbocycles. The van der Waals surface area contributed by atoms with E-state index in [-0.39, 0.29) is 25.0 Å². The maximum absolute atomic E-state index is 12.3. The number of fused-ring (bicyclic) bond motifs is 4. The maximum Gasteiger partial charge on any atom is 0.231 e. The van der Waals surface area contributed by atoms with E-state index < -0.39 is 5.60 Å². The molecule has 0 saturated carbocycles. The van der Waals surface area contributed by atoms with E-state index in [2.05, 4.69) is 15.5 Å². The molecule has 2 aliphatic rings. The third kappa shape index (κ3) is 5.66. The number of benzene rings is 3. The zero-order chi connectivity index (χ0) is 35.7. The number of hydrogen-bond acceptors (Lipinski definition) is 14. The minimum atomic E-state index is -1.52. The first-order chi connectivity index (χ1) is 24.1. The van der Waals surface area contributed by atoms with E-state index in [1.54, 1.807) is 59.8 Å². The summed E-state index contributed by atoms with van der Waals surface area (Å²) < 4.78 is 53.1. The van der Waals surface area contributed by atoms with Crippen molar-refractivity contribution in [1.82, 2.24) is 15.0 Å². The van der Waals surface area contributed by atoms with Gasteiger partial charge in [0.1, 0.15) is 28.4 Å². The Morgan fingerprint density at radius 2 is 1.50 bits per heavy atom. The highest BCUT2D eigenvalue weighted by Gasteiger charge is 2.43. The number of nitrogens with zero attached hydrogens (tertiary/aromatic N) is 4. The van der Waals surface area contributed by atoms with Crippen molar-refractivity contribution < 1.29 is 52.6 Å². The van der Waals surface area contributed by atoms with Crippen molar-refractivity contribution in [3.63, 3.8) is 0 Å². The number of hydrogen-bond donors (Lipinski definition) is 1. The van der Waals surface area contributed by atoms with Gasteiger partial charge in [-0.3, -0.25) is 0 Å². The smallest absolute Gasteiger partial charge is 0.231 e. The van der Waals surface area contributed by atoms with E-state index in [0.29, 0.717) is 86.2 Å². The first-order valence-corrected chi connectivity index (χ1v) is 15.6. The van der Waals surface area contributed by atoms with Crippen molar-refractivity contribution in [2.24, 2.45) is 11.1 Å². The fraction of sp³-hybridized carbons (Fsp3) is 0.400. The largest absolute Gasteiger partial charge is 0.494 e. The lowest BCUT2D eigenvalue weighted by atomic mass is 9.73. The van der Waals surface area contributed by atoms with E-state index in [0.717, 1.165) is 5.56 Å². The standard InChI is InChI=1S/C35H40N4O11/c1-18-10-19-11-27-31(49-17-48-27)32(46-8)28(19)29-21(12-26(44-6)30(45-7)33(29)47-9)34(35(18,2)40)37-50-16-20-15-39(38-36-20)22-13-24(42-4)25(43-5)14-23(22)41-3/h11-15,18,40H,10,16-17H2,1-9H3/b37-34+/t18-,35+/m0/s1. The van der Waals surface area contributed by atoms with Gasteiger partial charge < -0.3 is 52.6 Å². The van der Waals surface area contributed by atoms with Crippen LogP contribution in [0, 0.1) is 5.92 Å². The Bertz CT molecular complexity index is 1940. The average molecular weight is 693 g/mol. The van der Waals surface area contributed by atoms with Gasteiger partial charge in [0.25, 0.3) is 0 Å². The first-order valence-electron chi connectivity index (χ1n) is 15.6. The molecule has 15 heteroatoms. The van der Waals surface area contributed by atoms with Gasteiger partial charge >= 0.3 is 0 Å². The zero-order valence-corrected chi connectivity index (χ0v) is 29.4. The Balaban J connectivity index is 1.48. The highest BCUT2D eigenvalue weighted by Crippen LogP contribution is 2.57. The van der Waals surface area contributed by atoms with Crippen molar-refractivity contribution in [2.75, 3.05) is 56.6 Å². The maximum atomic E-state index is 12.3. The fourth-order valence-electron chi connectivity index (χ4n) is 6.30. The summed E-state index contributed by atoms with van der Waals surface area (Å²) >= 11 is 0. The van der Waals surface area contributed by atoms with Gasteiger partial charge in [-0.15, -0.1) is 5.10 Å². The van der Waals surface area contributed by atoms with Gasteiger partial charge in [0.15, 0.2) is 41.1 Å². The molecule has 0 saturated heterocycles. The van der Waals surface area contributed by atoms with Crippen LogP contribution in [0.2, 0.25) is 0 Å². The average Bonchev–Trinajstić information content (AvgIpc) is 3.80. The molecule has 0 unspecified atom stereocenters. The highest BCUT2D eigenvalue weighted by molar-refractivity contribution is 6.13. The second-order valence-corrected chi connectivity index (χ2v) is 11.7. The van der Waals surface area contributed by atoms with Crippen LogP contribution in [0.15, 0.2) is 35.6 Å². The molecule has 2 heterocycles. The van der Waals surface area contributed by atoms with Crippen molar-refractivity contribution in [3.8, 4) is 68.6 Å². The summed E-state index contributed by atoms with van der Waals surface area (Å²) in [5.41, 5.74) is 2.24. The Hall–Kier alpha value is -5.57. The van der Waals surface area contributed by atoms with E-state index in [1.807, 2.05) is 13.0 Å². The van der Waals surface area contributed by atoms with Gasteiger partial charge in [-0.2, -0.15) is 0 Å². The van der Waals surface area contributed by atoms with Crippen LogP contribution in [-0.4, -0.2) is 88.0 Å². The normalized spacial score (nSPS) is 18.4. The summed E-state index contributed by atoms with van der Waals surface area (Å²) in [7, 11) is 10.8. The predicted molar refractivity (Wildman–Crippen MR) is 180 cm³/mol. The van der Waals surface area contributed by atoms with Gasteiger partial charge in [0.05, 0.1) is 56.0 Å². The number of aromatic nitrogens is 3. The molecule has 0 radical (unpaired) electrons. The molecule has 3 aromatic carbocycles. The second-order valence-electron chi connectivity index (χ2n) is 11.7. The molecule has 1 aliphatic heterocycles. The molecular weight excluding hydrogens is 652 g/mol. The Kier molecular flexibility index (Phi) is 9.43. The zero-order valence-electron chi connectivity index (χ0n) is 29.4. The van der Waals surface area contributed by atoms with Gasteiger partial charge in [-0.25, -0.2) is 4.68 Å². The lowest BCUT2D eigenvalue weighted by Gasteiger charge is -2.36. The summed E-state index contributed by atoms with van der Waals surface area (Å²) in [5.74, 6) is 3.60. The van der Waals surface area contributed by atoms with Crippen LogP contribution in [-0.2, 0) is 17.9 Å². The van der Waals surface area contributed by atoms with Crippen molar-refractivity contribution in [3.05, 3.63) is 47.3 Å². The predicted octanol–water partition coefficient (Wildman–Crippen LogP) is 4.59. The van der Waals surface area contributed by atoms with Crippen molar-refractivity contribution in [1.29, 1.82) is 0 Å². The van der Waals surface area contributed by atoms with Crippen molar-refractivity contribution >= 4 is 5.71 Å². The van der Waals surface area contributed by atoms with Crippen LogP contribution in [0.25, 0.3) is 16.8 Å². The molecule has 50 heavy (non-hydrogen) atoms. The molecule has 2 atom stereocenters. The van der Waals surface area contributed by atoms with Crippen LogP contribution < -0.4 is 42.6 Å². The van der Waals surface area contributed by atoms with E-state index >= 15 is 0 Å². The number of rotatable bonds is 11. The molecule has 1 aromatic heterocycles. The number of oxime groups is 1. The molecule has 1 N–H and O–H groups in total. The summed E-state index contributed by atoms with van der Waals surface area (Å²) in [6, 6.07) is 7.07. The summed E-state index contributed by atoms with van der Waals surface area (Å²) in [4.78, 5) is 5.95. The fourth-order valence-corrected chi connectivity index (χ4v) is 6.30. The molecule has 0 spiro atoms. The van der Waals surface area contributed by atoms with Gasteiger partial charge in [0.2, 0.25) is 18.3 Å². The quantitative estimate of drug-likeness (QED) is 0.218. The number of methoxy groups -OCH3 is 7. The molecule has 0 amide bonds. The first kappa shape index (κ1) is 34.3. The summed E-state index contributed by atoms with van der Waals surface area (Å²) in [6.45, 7) is 3.59.